The van der Waals surface area contributed by atoms with Gasteiger partial charge < -0.3 is 72.8 Å². The molecule has 17 heteroatoms. The summed E-state index contributed by atoms with van der Waals surface area (Å²) in [6.07, 6.45) is -9.13. The lowest BCUT2D eigenvalue weighted by Gasteiger charge is -2.50. The van der Waals surface area contributed by atoms with E-state index in [0.717, 1.165) is 0 Å². The third kappa shape index (κ3) is 11.4. The number of hydrogen-bond donors (Lipinski definition) is 4. The monoisotopic (exact) mass is 911 g/mol. The Hall–Kier alpha value is -2.68. The summed E-state index contributed by atoms with van der Waals surface area (Å²) >= 11 is 0. The second-order valence-corrected chi connectivity index (χ2v) is 19.5. The minimum atomic E-state index is -1.96. The highest BCUT2D eigenvalue weighted by Gasteiger charge is 2.54. The van der Waals surface area contributed by atoms with Gasteiger partial charge in [0.05, 0.1) is 53.4 Å². The predicted octanol–water partition coefficient (Wildman–Crippen LogP) is 4.08. The number of methoxy groups -OCH3 is 2. The number of fused-ring (bicyclic) bond motifs is 1. The van der Waals surface area contributed by atoms with Gasteiger partial charge in [-0.25, -0.2) is 0 Å². The predicted molar refractivity (Wildman–Crippen MR) is 236 cm³/mol. The van der Waals surface area contributed by atoms with Crippen LogP contribution in [0.2, 0.25) is 0 Å². The summed E-state index contributed by atoms with van der Waals surface area (Å²) in [6, 6.07) is 7.06. The molecule has 64 heavy (non-hydrogen) atoms. The van der Waals surface area contributed by atoms with Crippen molar-refractivity contribution in [2.24, 2.45) is 28.8 Å². The summed E-state index contributed by atoms with van der Waals surface area (Å²) in [4.78, 5) is 22.5. The molecule has 0 spiro atoms. The van der Waals surface area contributed by atoms with E-state index >= 15 is 0 Å². The number of oxime groups is 1. The Morgan fingerprint density at radius 3 is 2.14 bits per heavy atom. The third-order valence-electron chi connectivity index (χ3n) is 14.3. The Balaban J connectivity index is 1.60. The van der Waals surface area contributed by atoms with Crippen LogP contribution in [0, 0.1) is 23.7 Å². The topological polar surface area (TPSA) is 206 Å². The van der Waals surface area contributed by atoms with Crippen molar-refractivity contribution in [2.45, 2.75) is 185 Å². The summed E-state index contributed by atoms with van der Waals surface area (Å²) in [7, 11) is 6.87. The van der Waals surface area contributed by atoms with E-state index in [4.69, 9.17) is 47.5 Å². The molecule has 4 aliphatic rings. The van der Waals surface area contributed by atoms with Crippen LogP contribution in [0.4, 0.5) is 0 Å². The van der Waals surface area contributed by atoms with Crippen LogP contribution in [0.5, 0.6) is 11.5 Å². The van der Waals surface area contributed by atoms with E-state index in [9.17, 15) is 25.2 Å². The van der Waals surface area contributed by atoms with Gasteiger partial charge in [0.25, 0.3) is 0 Å². The number of nitrogens with zero attached hydrogens (tertiary/aromatic N) is 2. The van der Waals surface area contributed by atoms with E-state index in [1.807, 2.05) is 71.0 Å². The Bertz CT molecular complexity index is 1700. The number of benzene rings is 1. The molecule has 0 aliphatic carbocycles. The van der Waals surface area contributed by atoms with Crippen molar-refractivity contribution >= 4 is 11.7 Å². The Kier molecular flexibility index (Phi) is 17.6. The minimum Gasteiger partial charge on any atom is -0.486 e. The number of aliphatic hydroxyl groups is 4. The standard InChI is InChI=1S/C47H78N2O15/c1-15-35-47(10,54)40(51)27(4)37(48-58-24-31-23-57-33-18-16-17-19-34(33)61-31)25(2)21-46(9,56-14)42(64-44-38(50)32(49(11)12)20-26(3)59-44)28(5)39(29(6)43(53)62-35)63-36-22-45(8,55-13)41(52)30(7)60-36/h16-19,25-32,35-36,38-42,44,50-52,54H,15,20-24H2,1-14H3/b48-37+/t25-,26-,27+,28+,29-,30+,31?,32+,35-,36?,38-,39+,40-,41+,42-,44+,45-,46-,47-/m1/s1. The van der Waals surface area contributed by atoms with E-state index in [-0.39, 0.29) is 44.6 Å². The number of likely N-dealkylation sites (N-methyl/N-ethyl adjacent to an activating group) is 1. The first-order valence-electron chi connectivity index (χ1n) is 23.0. The van der Waals surface area contributed by atoms with Crippen molar-refractivity contribution in [2.75, 3.05) is 41.5 Å². The molecule has 1 aromatic carbocycles. The molecule has 0 aromatic heterocycles. The van der Waals surface area contributed by atoms with Crippen LogP contribution in [-0.2, 0) is 42.8 Å². The van der Waals surface area contributed by atoms with Crippen molar-refractivity contribution in [3.8, 4) is 11.5 Å². The van der Waals surface area contributed by atoms with Gasteiger partial charge in [0.1, 0.15) is 30.5 Å². The zero-order chi connectivity index (χ0) is 47.5. The van der Waals surface area contributed by atoms with E-state index in [0.29, 0.717) is 23.6 Å². The van der Waals surface area contributed by atoms with Crippen molar-refractivity contribution in [3.05, 3.63) is 24.3 Å². The number of rotatable bonds is 11. The van der Waals surface area contributed by atoms with E-state index in [2.05, 4.69) is 5.16 Å². The number of esters is 1. The first kappa shape index (κ1) is 52.3. The molecule has 4 N–H and O–H groups in total. The van der Waals surface area contributed by atoms with E-state index in [1.165, 1.54) is 14.0 Å². The summed E-state index contributed by atoms with van der Waals surface area (Å²) in [5.41, 5.74) is -3.84. The molecule has 0 amide bonds. The molecule has 3 fully saturated rings. The molecule has 3 saturated heterocycles. The van der Waals surface area contributed by atoms with Gasteiger partial charge in [0.15, 0.2) is 36.8 Å². The van der Waals surface area contributed by atoms with Crippen LogP contribution in [0.1, 0.15) is 94.9 Å². The van der Waals surface area contributed by atoms with E-state index in [1.54, 1.807) is 41.7 Å². The fourth-order valence-corrected chi connectivity index (χ4v) is 10.1. The van der Waals surface area contributed by atoms with Crippen LogP contribution in [-0.4, -0.2) is 169 Å². The van der Waals surface area contributed by atoms with Crippen molar-refractivity contribution in [1.82, 2.24) is 4.90 Å². The molecule has 1 aromatic rings. The van der Waals surface area contributed by atoms with Gasteiger partial charge in [0, 0.05) is 44.4 Å². The molecule has 4 aliphatic heterocycles. The van der Waals surface area contributed by atoms with Gasteiger partial charge in [-0.2, -0.15) is 0 Å². The largest absolute Gasteiger partial charge is 0.486 e. The van der Waals surface area contributed by atoms with Gasteiger partial charge in [-0.3, -0.25) is 4.79 Å². The summed E-state index contributed by atoms with van der Waals surface area (Å²) in [5, 5.41) is 51.9. The van der Waals surface area contributed by atoms with Crippen LogP contribution in [0.15, 0.2) is 29.4 Å². The lowest BCUT2D eigenvalue weighted by Crippen LogP contribution is -2.61. The fourth-order valence-electron chi connectivity index (χ4n) is 10.1. The first-order chi connectivity index (χ1) is 30.0. The SMILES string of the molecule is CC[C@H]1OC(=O)[C@H](C)[C@@H](OC2C[C@@](C)(OC)[C@@H](O)[C@H](C)O2)[C@H](C)[C@@H](O[C@@H]2O[C@H](C)C[C@H](N(C)C)[C@H]2O)[C@](C)(OC)C[C@@H](C)/C(=N\OCC2COc3ccccc3O2)[C@H](C)[C@@H](O)[C@]1(C)O. The Morgan fingerprint density at radius 2 is 1.52 bits per heavy atom. The number of cyclic esters (lactones) is 1. The number of aliphatic hydroxyl groups excluding tert-OH is 3. The Labute approximate surface area is 379 Å². The van der Waals surface area contributed by atoms with Crippen molar-refractivity contribution < 1.29 is 72.7 Å². The van der Waals surface area contributed by atoms with Gasteiger partial charge in [0.2, 0.25) is 0 Å². The maximum atomic E-state index is 14.5. The van der Waals surface area contributed by atoms with Crippen molar-refractivity contribution in [1.29, 1.82) is 0 Å². The molecule has 4 heterocycles. The van der Waals surface area contributed by atoms with Gasteiger partial charge in [-0.15, -0.1) is 0 Å². The lowest BCUT2D eigenvalue weighted by molar-refractivity contribution is -0.319. The zero-order valence-corrected chi connectivity index (χ0v) is 40.5. The van der Waals surface area contributed by atoms with Crippen LogP contribution >= 0.6 is 0 Å². The lowest BCUT2D eigenvalue weighted by atomic mass is 9.73. The van der Waals surface area contributed by atoms with Gasteiger partial charge >= 0.3 is 5.97 Å². The molecular formula is C47H78N2O15. The number of para-hydroxylation sites is 2. The number of carbonyl (C=O) groups is 1. The maximum absolute atomic E-state index is 14.5. The van der Waals surface area contributed by atoms with Gasteiger partial charge in [-0.1, -0.05) is 45.0 Å². The highest BCUT2D eigenvalue weighted by atomic mass is 16.7. The second kappa shape index (κ2) is 21.5. The molecule has 17 nitrogen and oxygen atoms in total. The normalized spacial score (nSPS) is 44.5. The number of ether oxygens (including phenoxy) is 9. The second-order valence-electron chi connectivity index (χ2n) is 19.5. The van der Waals surface area contributed by atoms with Crippen LogP contribution in [0.3, 0.4) is 0 Å². The molecule has 0 saturated carbocycles. The molecule has 5 rings (SSSR count). The molecule has 2 unspecified atom stereocenters. The smallest absolute Gasteiger partial charge is 0.311 e. The molecule has 0 bridgehead atoms. The molecule has 0 radical (unpaired) electrons. The van der Waals surface area contributed by atoms with E-state index < -0.39 is 108 Å². The summed E-state index contributed by atoms with van der Waals surface area (Å²) in [5.74, 6) is -2.57. The average Bonchev–Trinajstić information content (AvgIpc) is 3.26. The molecule has 366 valence electrons. The van der Waals surface area contributed by atoms with Crippen LogP contribution < -0.4 is 9.47 Å². The molecule has 19 atom stereocenters. The summed E-state index contributed by atoms with van der Waals surface area (Å²) in [6.45, 7) is 18.0. The highest BCUT2D eigenvalue weighted by Crippen LogP contribution is 2.42. The highest BCUT2D eigenvalue weighted by molar-refractivity contribution is 5.88. The quantitative estimate of drug-likeness (QED) is 0.182. The fraction of sp³-hybridized carbons (Fsp3) is 0.830. The van der Waals surface area contributed by atoms with Crippen LogP contribution in [0.25, 0.3) is 0 Å². The van der Waals surface area contributed by atoms with Gasteiger partial charge in [-0.05, 0) is 87.0 Å². The number of carbonyl (C=O) groups excluding carboxylic acids is 1. The average molecular weight is 911 g/mol. The maximum Gasteiger partial charge on any atom is 0.311 e. The molecular weight excluding hydrogens is 833 g/mol. The Morgan fingerprint density at radius 1 is 0.859 bits per heavy atom. The first-order valence-corrected chi connectivity index (χ1v) is 23.0. The minimum absolute atomic E-state index is 0.0172. The third-order valence-corrected chi connectivity index (χ3v) is 14.3. The number of hydrogen-bond acceptors (Lipinski definition) is 17. The zero-order valence-electron chi connectivity index (χ0n) is 40.5. The summed E-state index contributed by atoms with van der Waals surface area (Å²) < 4.78 is 57.0. The van der Waals surface area contributed by atoms with Crippen molar-refractivity contribution in [3.63, 3.8) is 0 Å².